The number of rotatable bonds is 6. The molecule has 0 radical (unpaired) electrons. The summed E-state index contributed by atoms with van der Waals surface area (Å²) in [6.45, 7) is 2.62. The van der Waals surface area contributed by atoms with Crippen molar-refractivity contribution in [3.8, 4) is 17.2 Å². The van der Waals surface area contributed by atoms with Gasteiger partial charge in [0.2, 0.25) is 0 Å². The number of methoxy groups -OCH3 is 1. The minimum Gasteiger partial charge on any atom is -0.496 e. The van der Waals surface area contributed by atoms with Crippen LogP contribution in [-0.4, -0.2) is 25.5 Å². The Morgan fingerprint density at radius 2 is 2.00 bits per heavy atom. The number of fused-ring (bicyclic) bond motifs is 1. The van der Waals surface area contributed by atoms with Crippen molar-refractivity contribution in [1.82, 2.24) is 5.32 Å². The van der Waals surface area contributed by atoms with Crippen molar-refractivity contribution < 1.29 is 27.4 Å². The molecule has 156 valence electrons. The van der Waals surface area contributed by atoms with Gasteiger partial charge in [-0.2, -0.15) is 0 Å². The molecular weight excluding hydrogens is 387 g/mol. The number of guanidine groups is 1. The molecule has 0 spiro atoms. The molecule has 0 aromatic heterocycles. The van der Waals surface area contributed by atoms with E-state index < -0.39 is 6.36 Å². The molecule has 1 aliphatic heterocycles. The maximum Gasteiger partial charge on any atom is 0.573 e. The van der Waals surface area contributed by atoms with Gasteiger partial charge in [0.05, 0.1) is 13.7 Å². The largest absolute Gasteiger partial charge is 0.573 e. The molecule has 0 saturated heterocycles. The van der Waals surface area contributed by atoms with Crippen molar-refractivity contribution >= 4 is 5.96 Å². The number of hydrogen-bond acceptors (Lipinski definition) is 4. The van der Waals surface area contributed by atoms with Crippen molar-refractivity contribution in [2.75, 3.05) is 7.11 Å². The molecule has 0 amide bonds. The van der Waals surface area contributed by atoms with Crippen LogP contribution < -0.4 is 25.3 Å². The zero-order chi connectivity index (χ0) is 21.0. The molecule has 3 N–H and O–H groups in total. The van der Waals surface area contributed by atoms with Crippen LogP contribution in [0.25, 0.3) is 0 Å². The molecule has 6 nitrogen and oxygen atoms in total. The number of ether oxygens (including phenoxy) is 3. The third-order valence-electron chi connectivity index (χ3n) is 4.35. The Kier molecular flexibility index (Phi) is 6.05. The Morgan fingerprint density at radius 3 is 2.66 bits per heavy atom. The van der Waals surface area contributed by atoms with Gasteiger partial charge in [-0.05, 0) is 36.8 Å². The van der Waals surface area contributed by atoms with Gasteiger partial charge in [-0.3, -0.25) is 0 Å². The molecule has 0 fully saturated rings. The topological polar surface area (TPSA) is 78.1 Å². The van der Waals surface area contributed by atoms with Crippen LogP contribution in [0.3, 0.4) is 0 Å². The minimum atomic E-state index is -4.71. The average Bonchev–Trinajstić information content (AvgIpc) is 3.02. The third kappa shape index (κ3) is 5.69. The van der Waals surface area contributed by atoms with Gasteiger partial charge in [0.1, 0.15) is 23.4 Å². The van der Waals surface area contributed by atoms with E-state index in [1.165, 1.54) is 24.3 Å². The fourth-order valence-electron chi connectivity index (χ4n) is 3.02. The number of benzene rings is 2. The van der Waals surface area contributed by atoms with E-state index in [0.29, 0.717) is 12.1 Å². The summed E-state index contributed by atoms with van der Waals surface area (Å²) in [5.41, 5.74) is 8.59. The molecule has 1 heterocycles. The first-order valence-electron chi connectivity index (χ1n) is 8.98. The highest BCUT2D eigenvalue weighted by molar-refractivity contribution is 5.77. The molecule has 0 aliphatic carbocycles. The van der Waals surface area contributed by atoms with Crippen molar-refractivity contribution in [2.45, 2.75) is 38.9 Å². The second-order valence-corrected chi connectivity index (χ2v) is 6.65. The smallest absolute Gasteiger partial charge is 0.496 e. The van der Waals surface area contributed by atoms with Crippen LogP contribution in [-0.2, 0) is 19.5 Å². The first kappa shape index (κ1) is 20.6. The maximum atomic E-state index is 12.2. The summed E-state index contributed by atoms with van der Waals surface area (Å²) in [4.78, 5) is 4.20. The highest BCUT2D eigenvalue weighted by Crippen LogP contribution is 2.34. The van der Waals surface area contributed by atoms with E-state index in [4.69, 9.17) is 15.2 Å². The van der Waals surface area contributed by atoms with Gasteiger partial charge < -0.3 is 25.3 Å². The Balaban J connectivity index is 1.58. The second-order valence-electron chi connectivity index (χ2n) is 6.65. The van der Waals surface area contributed by atoms with Gasteiger partial charge >= 0.3 is 6.36 Å². The lowest BCUT2D eigenvalue weighted by Crippen LogP contribution is -2.31. The lowest BCUT2D eigenvalue weighted by atomic mass is 10.1. The summed E-state index contributed by atoms with van der Waals surface area (Å²) in [5, 5.41) is 3.01. The summed E-state index contributed by atoms with van der Waals surface area (Å²) < 4.78 is 51.6. The molecule has 2 aromatic carbocycles. The third-order valence-corrected chi connectivity index (χ3v) is 4.35. The minimum absolute atomic E-state index is 0.137. The molecule has 29 heavy (non-hydrogen) atoms. The normalized spacial score (nSPS) is 16.2. The Bertz CT molecular complexity index is 883. The lowest BCUT2D eigenvalue weighted by molar-refractivity contribution is -0.274. The fourth-order valence-corrected chi connectivity index (χ4v) is 3.02. The standard InChI is InChI=1S/C20H22F3N3O3/c1-12-7-14-8-17(27-2)15(9-18(14)28-12)11-26-19(24)25-10-13-3-5-16(6-4-13)29-20(21,22)23/h3-6,8-9,12H,7,10-11H2,1-2H3,(H3,24,25,26). The Labute approximate surface area is 166 Å². The molecule has 3 rings (SSSR count). The summed E-state index contributed by atoms with van der Waals surface area (Å²) in [7, 11) is 1.61. The number of nitrogens with two attached hydrogens (primary N) is 1. The molecular formula is C20H22F3N3O3. The van der Waals surface area contributed by atoms with Crippen LogP contribution >= 0.6 is 0 Å². The summed E-state index contributed by atoms with van der Waals surface area (Å²) >= 11 is 0. The summed E-state index contributed by atoms with van der Waals surface area (Å²) in [6.07, 6.45) is -3.73. The molecule has 2 aromatic rings. The molecule has 1 aliphatic rings. The predicted molar refractivity (Wildman–Crippen MR) is 102 cm³/mol. The SMILES string of the molecule is COc1cc2c(cc1CNC(N)=NCc1ccc(OC(F)(F)F)cc1)OC(C)C2. The van der Waals surface area contributed by atoms with Crippen molar-refractivity contribution in [1.29, 1.82) is 0 Å². The molecule has 0 bridgehead atoms. The number of nitrogens with zero attached hydrogens (tertiary/aromatic N) is 1. The average molecular weight is 409 g/mol. The molecule has 0 saturated carbocycles. The fraction of sp³-hybridized carbons (Fsp3) is 0.350. The number of hydrogen-bond donors (Lipinski definition) is 2. The van der Waals surface area contributed by atoms with Crippen LogP contribution in [0.5, 0.6) is 17.2 Å². The van der Waals surface area contributed by atoms with Gasteiger partial charge in [0, 0.05) is 24.1 Å². The highest BCUT2D eigenvalue weighted by Gasteiger charge is 2.30. The number of nitrogens with one attached hydrogen (secondary N) is 1. The Hall–Kier alpha value is -3.10. The maximum absolute atomic E-state index is 12.2. The van der Waals surface area contributed by atoms with E-state index in [1.54, 1.807) is 7.11 Å². The lowest BCUT2D eigenvalue weighted by Gasteiger charge is -2.12. The van der Waals surface area contributed by atoms with Gasteiger partial charge in [-0.25, -0.2) is 4.99 Å². The van der Waals surface area contributed by atoms with Crippen molar-refractivity contribution in [3.05, 3.63) is 53.1 Å². The number of halogens is 3. The van der Waals surface area contributed by atoms with Crippen LogP contribution in [0.1, 0.15) is 23.6 Å². The number of aliphatic imine (C=N–C) groups is 1. The van der Waals surface area contributed by atoms with Crippen LogP contribution in [0.4, 0.5) is 13.2 Å². The quantitative estimate of drug-likeness (QED) is 0.564. The van der Waals surface area contributed by atoms with E-state index in [0.717, 1.165) is 29.0 Å². The van der Waals surface area contributed by atoms with Gasteiger partial charge in [-0.1, -0.05) is 12.1 Å². The Morgan fingerprint density at radius 1 is 1.28 bits per heavy atom. The van der Waals surface area contributed by atoms with E-state index >= 15 is 0 Å². The van der Waals surface area contributed by atoms with Crippen LogP contribution in [0.2, 0.25) is 0 Å². The predicted octanol–water partition coefficient (Wildman–Crippen LogP) is 3.52. The summed E-state index contributed by atoms with van der Waals surface area (Å²) in [5.74, 6) is 1.50. The monoisotopic (exact) mass is 409 g/mol. The number of alkyl halides is 3. The van der Waals surface area contributed by atoms with Crippen molar-refractivity contribution in [2.24, 2.45) is 10.7 Å². The highest BCUT2D eigenvalue weighted by atomic mass is 19.4. The van der Waals surface area contributed by atoms with Crippen LogP contribution in [0.15, 0.2) is 41.4 Å². The van der Waals surface area contributed by atoms with E-state index in [9.17, 15) is 13.2 Å². The second kappa shape index (κ2) is 8.50. The van der Waals surface area contributed by atoms with E-state index in [2.05, 4.69) is 15.0 Å². The summed E-state index contributed by atoms with van der Waals surface area (Å²) in [6, 6.07) is 9.36. The van der Waals surface area contributed by atoms with Gasteiger partial charge in [-0.15, -0.1) is 13.2 Å². The van der Waals surface area contributed by atoms with Crippen molar-refractivity contribution in [3.63, 3.8) is 0 Å². The molecule has 9 heteroatoms. The van der Waals surface area contributed by atoms with E-state index in [1.807, 2.05) is 19.1 Å². The van der Waals surface area contributed by atoms with Crippen LogP contribution in [0, 0.1) is 0 Å². The van der Waals surface area contributed by atoms with Gasteiger partial charge in [0.25, 0.3) is 0 Å². The first-order valence-corrected chi connectivity index (χ1v) is 8.98. The molecule has 1 atom stereocenters. The first-order chi connectivity index (χ1) is 13.7. The zero-order valence-electron chi connectivity index (χ0n) is 16.0. The zero-order valence-corrected chi connectivity index (χ0v) is 16.0. The van der Waals surface area contributed by atoms with E-state index in [-0.39, 0.29) is 24.4 Å². The van der Waals surface area contributed by atoms with Gasteiger partial charge in [0.15, 0.2) is 5.96 Å². The molecule has 1 unspecified atom stereocenters.